The lowest BCUT2D eigenvalue weighted by Crippen LogP contribution is -2.46. The molecule has 0 saturated heterocycles. The lowest BCUT2D eigenvalue weighted by molar-refractivity contribution is -0.127. The molecule has 1 aromatic carbocycles. The van der Waals surface area contributed by atoms with Crippen LogP contribution in [0.25, 0.3) is 0 Å². The Kier molecular flexibility index (Phi) is 6.53. The quantitative estimate of drug-likeness (QED) is 0.448. The minimum absolute atomic E-state index is 0.0309. The fourth-order valence-electron chi connectivity index (χ4n) is 4.18. The molecule has 2 N–H and O–H groups in total. The topological polar surface area (TPSA) is 56.7 Å². The zero-order chi connectivity index (χ0) is 18.4. The molecule has 1 aromatic rings. The number of carbonyl (C=O) groups excluding carboxylic acids is 1. The number of amides is 1. The van der Waals surface area contributed by atoms with Gasteiger partial charge in [0.2, 0.25) is 5.91 Å². The van der Waals surface area contributed by atoms with E-state index in [0.29, 0.717) is 6.04 Å². The van der Waals surface area contributed by atoms with E-state index in [1.54, 1.807) is 19.0 Å². The second-order valence-corrected chi connectivity index (χ2v) is 7.89. The Hall–Kier alpha value is -2.04. The first-order valence-electron chi connectivity index (χ1n) is 9.90. The fraction of sp³-hybridized carbons (Fsp3) is 0.619. The number of benzene rings is 1. The molecule has 2 saturated carbocycles. The third kappa shape index (κ3) is 5.23. The predicted octanol–water partition coefficient (Wildman–Crippen LogP) is 2.43. The molecular weight excluding hydrogens is 324 g/mol. The standard InChI is InChI=1S/C21H32N4O/c1-25(2)20(26)15-23-21(24-19-14-17-10-11-18(19)13-17)22-12-6-9-16-7-4-3-5-8-16/h3-5,7-8,17-19H,6,9-15H2,1-2H3,(H2,22,23,24). The van der Waals surface area contributed by atoms with Crippen molar-refractivity contribution in [2.75, 3.05) is 27.2 Å². The molecule has 3 rings (SSSR count). The van der Waals surface area contributed by atoms with Crippen molar-refractivity contribution in [3.8, 4) is 0 Å². The Balaban J connectivity index is 1.50. The van der Waals surface area contributed by atoms with Gasteiger partial charge in [-0.3, -0.25) is 4.79 Å². The maximum absolute atomic E-state index is 11.9. The Morgan fingerprint density at radius 1 is 1.19 bits per heavy atom. The summed E-state index contributed by atoms with van der Waals surface area (Å²) in [5, 5.41) is 7.05. The van der Waals surface area contributed by atoms with Crippen LogP contribution in [0, 0.1) is 11.8 Å². The van der Waals surface area contributed by atoms with Gasteiger partial charge in [-0.1, -0.05) is 36.8 Å². The monoisotopic (exact) mass is 356 g/mol. The highest BCUT2D eigenvalue weighted by Crippen LogP contribution is 2.44. The van der Waals surface area contributed by atoms with Gasteiger partial charge in [0.1, 0.15) is 6.54 Å². The van der Waals surface area contributed by atoms with Crippen LogP contribution in [0.15, 0.2) is 35.3 Å². The molecule has 5 heteroatoms. The Morgan fingerprint density at radius 2 is 2.00 bits per heavy atom. The summed E-state index contributed by atoms with van der Waals surface area (Å²) in [4.78, 5) is 18.0. The molecule has 0 heterocycles. The molecule has 0 aliphatic heterocycles. The van der Waals surface area contributed by atoms with Gasteiger partial charge in [0, 0.05) is 26.7 Å². The van der Waals surface area contributed by atoms with Crippen LogP contribution in [-0.4, -0.2) is 50.0 Å². The molecular formula is C21H32N4O. The summed E-state index contributed by atoms with van der Waals surface area (Å²) < 4.78 is 0. The normalized spacial score (nSPS) is 24.5. The second kappa shape index (κ2) is 9.06. The Labute approximate surface area is 157 Å². The molecule has 0 aromatic heterocycles. The zero-order valence-corrected chi connectivity index (χ0v) is 16.1. The van der Waals surface area contributed by atoms with Crippen LogP contribution >= 0.6 is 0 Å². The number of aryl methyl sites for hydroxylation is 1. The number of fused-ring (bicyclic) bond motifs is 2. The van der Waals surface area contributed by atoms with E-state index in [9.17, 15) is 4.79 Å². The van der Waals surface area contributed by atoms with E-state index in [1.807, 2.05) is 6.07 Å². The number of rotatable bonds is 7. The third-order valence-corrected chi connectivity index (χ3v) is 5.71. The van der Waals surface area contributed by atoms with Gasteiger partial charge in [0.05, 0.1) is 0 Å². The van der Waals surface area contributed by atoms with Crippen LogP contribution in [0.2, 0.25) is 0 Å². The van der Waals surface area contributed by atoms with Crippen LogP contribution in [-0.2, 0) is 11.2 Å². The van der Waals surface area contributed by atoms with E-state index in [0.717, 1.165) is 37.2 Å². The van der Waals surface area contributed by atoms with E-state index in [1.165, 1.54) is 31.2 Å². The summed E-state index contributed by atoms with van der Waals surface area (Å²) in [5.74, 6) is 2.50. The molecule has 2 bridgehead atoms. The molecule has 2 aliphatic rings. The zero-order valence-electron chi connectivity index (χ0n) is 16.1. The number of nitrogens with one attached hydrogen (secondary N) is 2. The fourth-order valence-corrected chi connectivity index (χ4v) is 4.18. The molecule has 3 unspecified atom stereocenters. The van der Waals surface area contributed by atoms with Gasteiger partial charge < -0.3 is 15.5 Å². The average molecular weight is 357 g/mol. The molecule has 142 valence electrons. The van der Waals surface area contributed by atoms with Gasteiger partial charge in [-0.05, 0) is 49.5 Å². The first-order chi connectivity index (χ1) is 12.6. The van der Waals surface area contributed by atoms with E-state index < -0.39 is 0 Å². The summed E-state index contributed by atoms with van der Waals surface area (Å²) in [6.07, 6.45) is 7.42. The van der Waals surface area contributed by atoms with E-state index in [4.69, 9.17) is 0 Å². The third-order valence-electron chi connectivity index (χ3n) is 5.71. The number of nitrogens with zero attached hydrogens (tertiary/aromatic N) is 2. The number of guanidine groups is 1. The highest BCUT2D eigenvalue weighted by Gasteiger charge is 2.39. The van der Waals surface area contributed by atoms with Gasteiger partial charge in [-0.2, -0.15) is 0 Å². The van der Waals surface area contributed by atoms with Crippen molar-refractivity contribution >= 4 is 11.9 Å². The summed E-state index contributed by atoms with van der Waals surface area (Å²) in [6, 6.07) is 11.1. The van der Waals surface area contributed by atoms with Crippen molar-refractivity contribution in [1.82, 2.24) is 15.5 Å². The van der Waals surface area contributed by atoms with Gasteiger partial charge >= 0.3 is 0 Å². The largest absolute Gasteiger partial charge is 0.356 e. The summed E-state index contributed by atoms with van der Waals surface area (Å²) in [6.45, 7) is 1.06. The number of hydrogen-bond donors (Lipinski definition) is 2. The Morgan fingerprint density at radius 3 is 2.65 bits per heavy atom. The maximum Gasteiger partial charge on any atom is 0.243 e. The minimum Gasteiger partial charge on any atom is -0.356 e. The highest BCUT2D eigenvalue weighted by atomic mass is 16.2. The van der Waals surface area contributed by atoms with Crippen molar-refractivity contribution < 1.29 is 4.79 Å². The summed E-state index contributed by atoms with van der Waals surface area (Å²) in [5.41, 5.74) is 1.36. The Bertz CT molecular complexity index is 614. The second-order valence-electron chi connectivity index (χ2n) is 7.89. The van der Waals surface area contributed by atoms with Gasteiger partial charge in [0.25, 0.3) is 0 Å². The van der Waals surface area contributed by atoms with E-state index in [2.05, 4.69) is 39.9 Å². The number of aliphatic imine (C=N–C) groups is 1. The smallest absolute Gasteiger partial charge is 0.243 e. The molecule has 0 spiro atoms. The molecule has 1 amide bonds. The van der Waals surface area contributed by atoms with Crippen molar-refractivity contribution in [2.45, 2.75) is 44.6 Å². The molecule has 2 aliphatic carbocycles. The molecule has 5 nitrogen and oxygen atoms in total. The van der Waals surface area contributed by atoms with Gasteiger partial charge in [0.15, 0.2) is 5.96 Å². The number of hydrogen-bond acceptors (Lipinski definition) is 2. The van der Waals surface area contributed by atoms with Crippen molar-refractivity contribution in [1.29, 1.82) is 0 Å². The first-order valence-corrected chi connectivity index (χ1v) is 9.90. The summed E-state index contributed by atoms with van der Waals surface area (Å²) in [7, 11) is 3.54. The van der Waals surface area contributed by atoms with Crippen molar-refractivity contribution in [3.05, 3.63) is 35.9 Å². The molecule has 3 atom stereocenters. The molecule has 26 heavy (non-hydrogen) atoms. The van der Waals surface area contributed by atoms with Crippen LogP contribution in [0.1, 0.15) is 37.7 Å². The first kappa shape index (κ1) is 18.7. The number of carbonyl (C=O) groups is 1. The van der Waals surface area contributed by atoms with Crippen LogP contribution in [0.5, 0.6) is 0 Å². The van der Waals surface area contributed by atoms with Gasteiger partial charge in [-0.15, -0.1) is 0 Å². The van der Waals surface area contributed by atoms with E-state index >= 15 is 0 Å². The SMILES string of the molecule is CN(C)C(=O)CN=C(NCCCc1ccccc1)NC1CC2CCC1C2. The molecule has 2 fully saturated rings. The van der Waals surface area contributed by atoms with E-state index in [-0.39, 0.29) is 12.5 Å². The number of likely N-dealkylation sites (N-methyl/N-ethyl adjacent to an activating group) is 1. The average Bonchev–Trinajstić information content (AvgIpc) is 3.26. The predicted molar refractivity (Wildman–Crippen MR) is 106 cm³/mol. The summed E-state index contributed by atoms with van der Waals surface area (Å²) >= 11 is 0. The highest BCUT2D eigenvalue weighted by molar-refractivity contribution is 5.85. The van der Waals surface area contributed by atoms with Gasteiger partial charge in [-0.25, -0.2) is 4.99 Å². The maximum atomic E-state index is 11.9. The van der Waals surface area contributed by atoms with Crippen molar-refractivity contribution in [3.63, 3.8) is 0 Å². The lowest BCUT2D eigenvalue weighted by Gasteiger charge is -2.25. The van der Waals surface area contributed by atoms with Crippen LogP contribution < -0.4 is 10.6 Å². The van der Waals surface area contributed by atoms with Crippen molar-refractivity contribution in [2.24, 2.45) is 16.8 Å². The molecule has 0 radical (unpaired) electrons. The lowest BCUT2D eigenvalue weighted by atomic mass is 9.95. The van der Waals surface area contributed by atoms with Crippen LogP contribution in [0.3, 0.4) is 0 Å². The minimum atomic E-state index is 0.0309. The van der Waals surface area contributed by atoms with Crippen LogP contribution in [0.4, 0.5) is 0 Å².